The molecule has 0 N–H and O–H groups in total. The van der Waals surface area contributed by atoms with Crippen LogP contribution in [-0.4, -0.2) is 13.0 Å². The number of hydrogen-bond donors (Lipinski definition) is 0. The second-order valence-corrected chi connectivity index (χ2v) is 6.87. The molecule has 1 atom stereocenters. The van der Waals surface area contributed by atoms with E-state index in [0.29, 0.717) is 6.42 Å². The highest BCUT2D eigenvalue weighted by Gasteiger charge is 2.25. The van der Waals surface area contributed by atoms with E-state index in [-0.39, 0.29) is 11.3 Å². The minimum absolute atomic E-state index is 0.137. The minimum Gasteiger partial charge on any atom is -0.315 e. The van der Waals surface area contributed by atoms with E-state index >= 15 is 0 Å². The zero-order valence-corrected chi connectivity index (χ0v) is 14.8. The van der Waals surface area contributed by atoms with Crippen molar-refractivity contribution in [2.45, 2.75) is 18.7 Å². The molecular weight excluding hydrogens is 397 g/mol. The van der Waals surface area contributed by atoms with E-state index in [1.807, 2.05) is 25.2 Å². The molecule has 21 heavy (non-hydrogen) atoms. The average molecular weight is 412 g/mol. The van der Waals surface area contributed by atoms with E-state index < -0.39 is 0 Å². The molecule has 4 heteroatoms. The summed E-state index contributed by atoms with van der Waals surface area (Å²) in [6.07, 6.45) is 0.466. The summed E-state index contributed by atoms with van der Waals surface area (Å²) in [6.45, 7) is 2.09. The van der Waals surface area contributed by atoms with Crippen LogP contribution in [0.2, 0.25) is 0 Å². The highest BCUT2D eigenvalue weighted by atomic mass is 127. The Hall–Kier alpha value is -1.07. The largest absolute Gasteiger partial charge is 0.315 e. The number of nitrogens with zero attached hydrogens (tertiary/aromatic N) is 1. The lowest BCUT2D eigenvalue weighted by atomic mass is 10.00. The molecule has 1 aliphatic heterocycles. The van der Waals surface area contributed by atoms with Crippen LogP contribution in [0, 0.1) is 10.5 Å². The van der Waals surface area contributed by atoms with Crippen molar-refractivity contribution in [3.63, 3.8) is 0 Å². The number of anilines is 1. The number of likely N-dealkylation sites (N-methyl/N-ethyl adjacent to an activating group) is 1. The summed E-state index contributed by atoms with van der Waals surface area (Å²) in [5, 5.41) is -0.192. The number of aryl methyl sites for hydroxylation is 1. The third kappa shape index (κ3) is 2.57. The third-order valence-electron chi connectivity index (χ3n) is 3.97. The smallest absolute Gasteiger partial charge is 0.231 e. The van der Waals surface area contributed by atoms with E-state index in [1.165, 1.54) is 9.13 Å². The lowest BCUT2D eigenvalue weighted by molar-refractivity contribution is -0.117. The fraction of sp³-hybridized carbons (Fsp3) is 0.235. The maximum Gasteiger partial charge on any atom is 0.231 e. The van der Waals surface area contributed by atoms with Crippen molar-refractivity contribution in [3.8, 4) is 0 Å². The van der Waals surface area contributed by atoms with Gasteiger partial charge in [-0.25, -0.2) is 0 Å². The van der Waals surface area contributed by atoms with Crippen molar-refractivity contribution < 1.29 is 4.79 Å². The fourth-order valence-electron chi connectivity index (χ4n) is 2.69. The van der Waals surface area contributed by atoms with Crippen LogP contribution in [0.3, 0.4) is 0 Å². The van der Waals surface area contributed by atoms with Crippen LogP contribution >= 0.6 is 34.2 Å². The number of alkyl halides is 1. The number of hydrogen-bond acceptors (Lipinski definition) is 1. The van der Waals surface area contributed by atoms with Crippen LogP contribution in [0.4, 0.5) is 5.69 Å². The van der Waals surface area contributed by atoms with Crippen molar-refractivity contribution in [1.29, 1.82) is 0 Å². The molecule has 3 rings (SSSR count). The first kappa shape index (κ1) is 14.9. The van der Waals surface area contributed by atoms with E-state index in [9.17, 15) is 4.79 Å². The first-order valence-corrected chi connectivity index (χ1v) is 8.29. The van der Waals surface area contributed by atoms with Gasteiger partial charge in [-0.2, -0.15) is 0 Å². The van der Waals surface area contributed by atoms with Crippen LogP contribution in [0.5, 0.6) is 0 Å². The molecule has 1 aliphatic rings. The van der Waals surface area contributed by atoms with Crippen LogP contribution in [0.15, 0.2) is 36.4 Å². The predicted octanol–water partition coefficient (Wildman–Crippen LogP) is 4.45. The van der Waals surface area contributed by atoms with Gasteiger partial charge in [-0.05, 0) is 57.8 Å². The standard InChI is InChI=1S/C17H15ClINO/c1-10-4-3-5-13(17(10)19)16(18)11-6-7-14-12(8-11)9-15(21)20(14)2/h3-8,16H,9H2,1-2H3. The lowest BCUT2D eigenvalue weighted by Gasteiger charge is -2.16. The average Bonchev–Trinajstić information content (AvgIpc) is 2.76. The Morgan fingerprint density at radius 1 is 1.29 bits per heavy atom. The van der Waals surface area contributed by atoms with Gasteiger partial charge in [-0.15, -0.1) is 11.6 Å². The molecule has 1 amide bonds. The molecule has 0 radical (unpaired) electrons. The van der Waals surface area contributed by atoms with Gasteiger partial charge in [0.25, 0.3) is 0 Å². The summed E-state index contributed by atoms with van der Waals surface area (Å²) < 4.78 is 1.20. The van der Waals surface area contributed by atoms with Gasteiger partial charge in [0.2, 0.25) is 5.91 Å². The van der Waals surface area contributed by atoms with Gasteiger partial charge in [0.15, 0.2) is 0 Å². The van der Waals surface area contributed by atoms with E-state index in [1.54, 1.807) is 4.90 Å². The number of amides is 1. The van der Waals surface area contributed by atoms with Crippen molar-refractivity contribution in [2.75, 3.05) is 11.9 Å². The highest BCUT2D eigenvalue weighted by Crippen LogP contribution is 2.36. The Labute approximate surface area is 143 Å². The Morgan fingerprint density at radius 2 is 2.05 bits per heavy atom. The molecule has 0 saturated heterocycles. The molecular formula is C17H15ClINO. The van der Waals surface area contributed by atoms with Crippen molar-refractivity contribution in [3.05, 3.63) is 62.2 Å². The molecule has 0 fully saturated rings. The van der Waals surface area contributed by atoms with Crippen molar-refractivity contribution in [2.24, 2.45) is 0 Å². The summed E-state index contributed by atoms with van der Waals surface area (Å²) in [6, 6.07) is 12.3. The molecule has 1 unspecified atom stereocenters. The number of carbonyl (C=O) groups excluding carboxylic acids is 1. The maximum absolute atomic E-state index is 11.8. The second-order valence-electron chi connectivity index (χ2n) is 5.36. The van der Waals surface area contributed by atoms with Crippen molar-refractivity contribution in [1.82, 2.24) is 0 Å². The first-order chi connectivity index (χ1) is 9.99. The molecule has 2 aromatic rings. The Balaban J connectivity index is 2.00. The molecule has 2 nitrogen and oxygen atoms in total. The fourth-order valence-corrected chi connectivity index (χ4v) is 3.87. The predicted molar refractivity (Wildman–Crippen MR) is 95.1 cm³/mol. The number of carbonyl (C=O) groups is 1. The quantitative estimate of drug-likeness (QED) is 0.528. The van der Waals surface area contributed by atoms with Crippen LogP contribution < -0.4 is 4.90 Å². The summed E-state index contributed by atoms with van der Waals surface area (Å²) in [5.74, 6) is 0.137. The molecule has 2 aromatic carbocycles. The van der Waals surface area contributed by atoms with Crippen LogP contribution in [-0.2, 0) is 11.2 Å². The minimum atomic E-state index is -0.192. The maximum atomic E-state index is 11.8. The van der Waals surface area contributed by atoms with Gasteiger partial charge in [-0.1, -0.05) is 30.3 Å². The van der Waals surface area contributed by atoms with Gasteiger partial charge in [0.05, 0.1) is 11.8 Å². The van der Waals surface area contributed by atoms with Gasteiger partial charge >= 0.3 is 0 Å². The van der Waals surface area contributed by atoms with E-state index in [2.05, 4.69) is 47.7 Å². The highest BCUT2D eigenvalue weighted by molar-refractivity contribution is 14.1. The molecule has 0 saturated carbocycles. The normalized spacial score (nSPS) is 15.2. The molecule has 108 valence electrons. The SMILES string of the molecule is Cc1cccc(C(Cl)c2ccc3c(c2)CC(=O)N3C)c1I. The Morgan fingerprint density at radius 3 is 2.81 bits per heavy atom. The van der Waals surface area contributed by atoms with Gasteiger partial charge in [0, 0.05) is 16.3 Å². The zero-order chi connectivity index (χ0) is 15.1. The zero-order valence-electron chi connectivity index (χ0n) is 11.9. The molecule has 0 spiro atoms. The van der Waals surface area contributed by atoms with Gasteiger partial charge in [-0.3, -0.25) is 4.79 Å². The molecule has 0 bridgehead atoms. The Bertz CT molecular complexity index is 729. The second kappa shape index (κ2) is 5.61. The van der Waals surface area contributed by atoms with Crippen LogP contribution in [0.25, 0.3) is 0 Å². The monoisotopic (exact) mass is 411 g/mol. The Kier molecular flexibility index (Phi) is 3.97. The third-order valence-corrected chi connectivity index (χ3v) is 5.93. The summed E-state index contributed by atoms with van der Waals surface area (Å²) in [5.41, 5.74) is 5.45. The number of rotatable bonds is 2. The van der Waals surface area contributed by atoms with Crippen molar-refractivity contribution >= 4 is 45.8 Å². The number of halogens is 2. The molecule has 1 heterocycles. The molecule has 0 aromatic heterocycles. The summed E-state index contributed by atoms with van der Waals surface area (Å²) >= 11 is 9.02. The first-order valence-electron chi connectivity index (χ1n) is 6.77. The summed E-state index contributed by atoms with van der Waals surface area (Å²) in [4.78, 5) is 13.5. The van der Waals surface area contributed by atoms with Gasteiger partial charge < -0.3 is 4.90 Å². The number of benzene rings is 2. The summed E-state index contributed by atoms with van der Waals surface area (Å²) in [7, 11) is 1.81. The number of fused-ring (bicyclic) bond motifs is 1. The van der Waals surface area contributed by atoms with Gasteiger partial charge in [0.1, 0.15) is 0 Å². The topological polar surface area (TPSA) is 20.3 Å². The lowest BCUT2D eigenvalue weighted by Crippen LogP contribution is -2.20. The van der Waals surface area contributed by atoms with Crippen LogP contribution in [0.1, 0.15) is 27.6 Å². The van der Waals surface area contributed by atoms with E-state index in [4.69, 9.17) is 11.6 Å². The van der Waals surface area contributed by atoms with E-state index in [0.717, 1.165) is 22.4 Å². The molecule has 0 aliphatic carbocycles.